The molecule has 1 aliphatic carbocycles. The zero-order valence-corrected chi connectivity index (χ0v) is 13.5. The first-order chi connectivity index (χ1) is 10.2. The molecule has 110 valence electrons. The Kier molecular flexibility index (Phi) is 4.48. The maximum atomic E-state index is 6.18. The normalized spacial score (nSPS) is 19.1. The second kappa shape index (κ2) is 6.35. The number of nitrogens with zero attached hydrogens (tertiary/aromatic N) is 1. The zero-order valence-electron chi connectivity index (χ0n) is 11.9. The summed E-state index contributed by atoms with van der Waals surface area (Å²) in [4.78, 5) is 4.64. The Morgan fingerprint density at radius 3 is 2.86 bits per heavy atom. The largest absolute Gasteiger partial charge is 0.312 e. The number of pyridine rings is 1. The lowest BCUT2D eigenvalue weighted by Crippen LogP contribution is -2.27. The minimum absolute atomic E-state index is 0.203. The number of nitrogens with one attached hydrogen (secondary N) is 1. The van der Waals surface area contributed by atoms with Crippen molar-refractivity contribution in [3.63, 3.8) is 0 Å². The highest BCUT2D eigenvalue weighted by molar-refractivity contribution is 6.42. The molecular formula is C17H18Cl2N2. The zero-order chi connectivity index (χ0) is 14.8. The van der Waals surface area contributed by atoms with Gasteiger partial charge in [0.05, 0.1) is 10.0 Å². The first-order valence-electron chi connectivity index (χ1n) is 7.26. The van der Waals surface area contributed by atoms with E-state index >= 15 is 0 Å². The third kappa shape index (κ3) is 2.94. The van der Waals surface area contributed by atoms with E-state index in [1.165, 1.54) is 17.7 Å². The van der Waals surface area contributed by atoms with Crippen LogP contribution in [0.3, 0.4) is 0 Å². The minimum Gasteiger partial charge on any atom is -0.312 e. The molecule has 2 unspecified atom stereocenters. The van der Waals surface area contributed by atoms with Crippen LogP contribution >= 0.6 is 23.2 Å². The fraction of sp³-hybridized carbons (Fsp3) is 0.353. The summed E-state index contributed by atoms with van der Waals surface area (Å²) in [5.74, 6) is 0.372. The monoisotopic (exact) mass is 320 g/mol. The van der Waals surface area contributed by atoms with Gasteiger partial charge in [0, 0.05) is 23.9 Å². The van der Waals surface area contributed by atoms with Gasteiger partial charge in [0.15, 0.2) is 0 Å². The standard InChI is InChI=1S/C17H18Cl2N2/c1-20-16(12-7-8-14(18)15(19)10-12)13-6-2-4-11-5-3-9-21-17(11)13/h3,5,7-10,13,16,20H,2,4,6H2,1H3. The number of hydrogen-bond acceptors (Lipinski definition) is 2. The summed E-state index contributed by atoms with van der Waals surface area (Å²) in [6.07, 6.45) is 5.34. The van der Waals surface area contributed by atoms with Crippen LogP contribution in [0.15, 0.2) is 36.5 Å². The van der Waals surface area contributed by atoms with Gasteiger partial charge in [-0.1, -0.05) is 35.3 Å². The Morgan fingerprint density at radius 1 is 1.24 bits per heavy atom. The number of halogens is 2. The Labute approximate surface area is 135 Å². The molecule has 0 saturated heterocycles. The van der Waals surface area contributed by atoms with Gasteiger partial charge in [-0.05, 0) is 55.6 Å². The number of aryl methyl sites for hydroxylation is 1. The Hall–Kier alpha value is -1.09. The van der Waals surface area contributed by atoms with Crippen molar-refractivity contribution < 1.29 is 0 Å². The molecule has 0 radical (unpaired) electrons. The lowest BCUT2D eigenvalue weighted by molar-refractivity contribution is 0.416. The van der Waals surface area contributed by atoms with Gasteiger partial charge >= 0.3 is 0 Å². The van der Waals surface area contributed by atoms with E-state index in [0.717, 1.165) is 18.4 Å². The van der Waals surface area contributed by atoms with Gasteiger partial charge < -0.3 is 5.32 Å². The molecule has 1 aromatic carbocycles. The van der Waals surface area contributed by atoms with E-state index in [1.54, 1.807) is 0 Å². The highest BCUT2D eigenvalue weighted by Crippen LogP contribution is 2.40. The van der Waals surface area contributed by atoms with Gasteiger partial charge in [-0.2, -0.15) is 0 Å². The predicted octanol–water partition coefficient (Wildman–Crippen LogP) is 4.77. The number of likely N-dealkylation sites (N-methyl/N-ethyl adjacent to an activating group) is 1. The minimum atomic E-state index is 0.203. The van der Waals surface area contributed by atoms with E-state index < -0.39 is 0 Å². The van der Waals surface area contributed by atoms with Crippen molar-refractivity contribution >= 4 is 23.2 Å². The molecule has 0 saturated carbocycles. The molecule has 4 heteroatoms. The molecule has 1 aromatic heterocycles. The topological polar surface area (TPSA) is 24.9 Å². The number of rotatable bonds is 3. The van der Waals surface area contributed by atoms with E-state index in [9.17, 15) is 0 Å². The van der Waals surface area contributed by atoms with Crippen LogP contribution in [0.2, 0.25) is 10.0 Å². The molecule has 0 aliphatic heterocycles. The average molecular weight is 321 g/mol. The molecule has 2 nitrogen and oxygen atoms in total. The SMILES string of the molecule is CNC(c1ccc(Cl)c(Cl)c1)C1CCCc2cccnc21. The van der Waals surface area contributed by atoms with Crippen LogP contribution in [0.25, 0.3) is 0 Å². The lowest BCUT2D eigenvalue weighted by atomic mass is 9.79. The van der Waals surface area contributed by atoms with Crippen molar-refractivity contribution in [2.45, 2.75) is 31.2 Å². The molecule has 0 amide bonds. The molecule has 0 spiro atoms. The van der Waals surface area contributed by atoms with Crippen LogP contribution in [0.1, 0.15) is 41.6 Å². The Morgan fingerprint density at radius 2 is 2.10 bits per heavy atom. The van der Waals surface area contributed by atoms with Crippen LogP contribution in [0, 0.1) is 0 Å². The highest BCUT2D eigenvalue weighted by atomic mass is 35.5. The Bertz CT molecular complexity index is 642. The van der Waals surface area contributed by atoms with Crippen molar-refractivity contribution in [2.75, 3.05) is 7.05 Å². The summed E-state index contributed by atoms with van der Waals surface area (Å²) < 4.78 is 0. The smallest absolute Gasteiger partial charge is 0.0595 e. The van der Waals surface area contributed by atoms with Gasteiger partial charge in [-0.15, -0.1) is 0 Å². The van der Waals surface area contributed by atoms with Crippen LogP contribution in [0.4, 0.5) is 0 Å². The van der Waals surface area contributed by atoms with Gasteiger partial charge in [0.1, 0.15) is 0 Å². The fourth-order valence-electron chi connectivity index (χ4n) is 3.28. The maximum Gasteiger partial charge on any atom is 0.0595 e. The van der Waals surface area contributed by atoms with E-state index in [1.807, 2.05) is 37.5 Å². The Balaban J connectivity index is 1.99. The summed E-state index contributed by atoms with van der Waals surface area (Å²) in [6, 6.07) is 10.3. The predicted molar refractivity (Wildman–Crippen MR) is 88.2 cm³/mol. The van der Waals surface area contributed by atoms with E-state index in [0.29, 0.717) is 16.0 Å². The van der Waals surface area contributed by atoms with Crippen molar-refractivity contribution in [3.8, 4) is 0 Å². The molecule has 1 aliphatic rings. The van der Waals surface area contributed by atoms with E-state index in [-0.39, 0.29) is 6.04 Å². The summed E-state index contributed by atoms with van der Waals surface area (Å²) in [5.41, 5.74) is 3.75. The summed E-state index contributed by atoms with van der Waals surface area (Å²) in [5, 5.41) is 4.63. The number of hydrogen-bond donors (Lipinski definition) is 1. The molecule has 0 fully saturated rings. The van der Waals surface area contributed by atoms with Crippen LogP contribution < -0.4 is 5.32 Å². The molecule has 3 rings (SSSR count). The lowest BCUT2D eigenvalue weighted by Gasteiger charge is -2.31. The molecule has 2 aromatic rings. The highest BCUT2D eigenvalue weighted by Gasteiger charge is 2.29. The fourth-order valence-corrected chi connectivity index (χ4v) is 3.58. The maximum absolute atomic E-state index is 6.18. The van der Waals surface area contributed by atoms with Crippen molar-refractivity contribution in [1.82, 2.24) is 10.3 Å². The summed E-state index contributed by atoms with van der Waals surface area (Å²) in [7, 11) is 1.99. The van der Waals surface area contributed by atoms with E-state index in [2.05, 4.69) is 16.4 Å². The van der Waals surface area contributed by atoms with Crippen molar-refractivity contribution in [2.24, 2.45) is 0 Å². The quantitative estimate of drug-likeness (QED) is 0.881. The molecule has 1 N–H and O–H groups in total. The molecule has 21 heavy (non-hydrogen) atoms. The number of aromatic nitrogens is 1. The van der Waals surface area contributed by atoms with Crippen molar-refractivity contribution in [3.05, 3.63) is 63.4 Å². The third-order valence-electron chi connectivity index (χ3n) is 4.25. The first kappa shape index (κ1) is 14.8. The number of benzene rings is 1. The number of fused-ring (bicyclic) bond motifs is 1. The second-order valence-electron chi connectivity index (χ2n) is 5.49. The van der Waals surface area contributed by atoms with Crippen LogP contribution in [-0.2, 0) is 6.42 Å². The molecule has 0 bridgehead atoms. The molecule has 1 heterocycles. The van der Waals surface area contributed by atoms with Crippen molar-refractivity contribution in [1.29, 1.82) is 0 Å². The molecular weight excluding hydrogens is 303 g/mol. The third-order valence-corrected chi connectivity index (χ3v) is 4.99. The van der Waals surface area contributed by atoms with Crippen LogP contribution in [0.5, 0.6) is 0 Å². The summed E-state index contributed by atoms with van der Waals surface area (Å²) >= 11 is 12.2. The first-order valence-corrected chi connectivity index (χ1v) is 8.02. The molecule has 2 atom stereocenters. The average Bonchev–Trinajstić information content (AvgIpc) is 2.52. The summed E-state index contributed by atoms with van der Waals surface area (Å²) in [6.45, 7) is 0. The van der Waals surface area contributed by atoms with Gasteiger partial charge in [0.2, 0.25) is 0 Å². The van der Waals surface area contributed by atoms with Gasteiger partial charge in [0.25, 0.3) is 0 Å². The second-order valence-corrected chi connectivity index (χ2v) is 6.30. The van der Waals surface area contributed by atoms with Crippen LogP contribution in [-0.4, -0.2) is 12.0 Å². The van der Waals surface area contributed by atoms with E-state index in [4.69, 9.17) is 23.2 Å². The van der Waals surface area contributed by atoms with Gasteiger partial charge in [-0.3, -0.25) is 4.98 Å². The van der Waals surface area contributed by atoms with Gasteiger partial charge in [-0.25, -0.2) is 0 Å².